The summed E-state index contributed by atoms with van der Waals surface area (Å²) in [6.07, 6.45) is 3.43. The first kappa shape index (κ1) is 11.5. The topological polar surface area (TPSA) is 42.4 Å². The van der Waals surface area contributed by atoms with Crippen LogP contribution in [0.2, 0.25) is 0 Å². The Kier molecular flexibility index (Phi) is 3.36. The molecule has 0 aromatic carbocycles. The van der Waals surface area contributed by atoms with Gasteiger partial charge in [0.1, 0.15) is 0 Å². The van der Waals surface area contributed by atoms with Gasteiger partial charge in [-0.3, -0.25) is 4.98 Å². The highest BCUT2D eigenvalue weighted by Crippen LogP contribution is 2.36. The predicted octanol–water partition coefficient (Wildman–Crippen LogP) is 1.60. The quantitative estimate of drug-likeness (QED) is 0.867. The van der Waals surface area contributed by atoms with E-state index in [-0.39, 0.29) is 12.0 Å². The van der Waals surface area contributed by atoms with Gasteiger partial charge >= 0.3 is 0 Å². The first-order valence-electron chi connectivity index (χ1n) is 6.17. The third kappa shape index (κ3) is 2.21. The fourth-order valence-corrected chi connectivity index (χ4v) is 3.65. The summed E-state index contributed by atoms with van der Waals surface area (Å²) in [7, 11) is 0. The second-order valence-corrected chi connectivity index (χ2v) is 5.82. The Balaban J connectivity index is 1.76. The molecule has 0 bridgehead atoms. The Bertz CT molecular complexity index is 393. The smallest absolute Gasteiger partial charge is 0.0931 e. The van der Waals surface area contributed by atoms with Gasteiger partial charge in [-0.05, 0) is 24.5 Å². The van der Waals surface area contributed by atoms with E-state index in [1.165, 1.54) is 5.56 Å². The van der Waals surface area contributed by atoms with Crippen molar-refractivity contribution in [2.24, 2.45) is 0 Å². The number of hydrogen-bond donors (Lipinski definition) is 1. The van der Waals surface area contributed by atoms with Crippen molar-refractivity contribution in [3.05, 3.63) is 29.6 Å². The number of rotatable bonds is 2. The summed E-state index contributed by atoms with van der Waals surface area (Å²) in [5, 5.41) is 10.4. The number of nitrogens with zero attached hydrogens (tertiary/aromatic N) is 1. The second-order valence-electron chi connectivity index (χ2n) is 4.67. The highest BCUT2D eigenvalue weighted by molar-refractivity contribution is 7.99. The van der Waals surface area contributed by atoms with Crippen molar-refractivity contribution in [2.45, 2.75) is 31.0 Å². The Labute approximate surface area is 106 Å². The molecule has 1 aromatic rings. The van der Waals surface area contributed by atoms with E-state index < -0.39 is 6.10 Å². The van der Waals surface area contributed by atoms with Gasteiger partial charge in [0.2, 0.25) is 0 Å². The Morgan fingerprint density at radius 2 is 2.47 bits per heavy atom. The molecule has 0 amide bonds. The average Bonchev–Trinajstić information content (AvgIpc) is 2.83. The Morgan fingerprint density at radius 3 is 3.29 bits per heavy atom. The third-order valence-corrected chi connectivity index (χ3v) is 4.66. The van der Waals surface area contributed by atoms with E-state index >= 15 is 0 Å². The number of aryl methyl sites for hydroxylation is 1. The molecule has 2 heterocycles. The van der Waals surface area contributed by atoms with Crippen molar-refractivity contribution < 1.29 is 9.84 Å². The zero-order valence-corrected chi connectivity index (χ0v) is 10.5. The number of aliphatic hydroxyl groups is 1. The molecule has 1 aliphatic carbocycles. The van der Waals surface area contributed by atoms with Gasteiger partial charge in [0.25, 0.3) is 0 Å². The monoisotopic (exact) mass is 251 g/mol. The van der Waals surface area contributed by atoms with Gasteiger partial charge in [-0.1, -0.05) is 6.07 Å². The molecular formula is C13H17NO2S. The van der Waals surface area contributed by atoms with E-state index in [0.717, 1.165) is 36.6 Å². The molecule has 1 aliphatic heterocycles. The van der Waals surface area contributed by atoms with Crippen molar-refractivity contribution in [2.75, 3.05) is 18.1 Å². The van der Waals surface area contributed by atoms with E-state index in [0.29, 0.717) is 0 Å². The molecule has 0 saturated carbocycles. The standard InChI is InChI=1S/C13H17NO2S/c15-13(11-8-17-7-6-16-11)10-4-3-9-2-1-5-14-12(9)10/h1-2,5,10-11,13,15H,3-4,6-8H2. The van der Waals surface area contributed by atoms with Gasteiger partial charge < -0.3 is 9.84 Å². The van der Waals surface area contributed by atoms with Crippen molar-refractivity contribution in [1.82, 2.24) is 4.98 Å². The fraction of sp³-hybridized carbons (Fsp3) is 0.615. The molecule has 1 saturated heterocycles. The lowest BCUT2D eigenvalue weighted by Gasteiger charge is -2.30. The maximum atomic E-state index is 10.4. The van der Waals surface area contributed by atoms with Crippen molar-refractivity contribution in [1.29, 1.82) is 0 Å². The van der Waals surface area contributed by atoms with E-state index in [2.05, 4.69) is 11.1 Å². The summed E-state index contributed by atoms with van der Waals surface area (Å²) in [5.41, 5.74) is 2.37. The van der Waals surface area contributed by atoms with Crippen LogP contribution in [0.3, 0.4) is 0 Å². The molecule has 3 atom stereocenters. The summed E-state index contributed by atoms with van der Waals surface area (Å²) in [6, 6.07) is 4.09. The summed E-state index contributed by atoms with van der Waals surface area (Å²) in [4.78, 5) is 4.43. The van der Waals surface area contributed by atoms with Crippen LogP contribution >= 0.6 is 11.8 Å². The summed E-state index contributed by atoms with van der Waals surface area (Å²) < 4.78 is 5.67. The third-order valence-electron chi connectivity index (χ3n) is 3.64. The van der Waals surface area contributed by atoms with Gasteiger partial charge in [-0.15, -0.1) is 0 Å². The minimum Gasteiger partial charge on any atom is -0.390 e. The Hall–Kier alpha value is -0.580. The van der Waals surface area contributed by atoms with Crippen LogP contribution in [0.25, 0.3) is 0 Å². The zero-order chi connectivity index (χ0) is 11.7. The van der Waals surface area contributed by atoms with Gasteiger partial charge in [0.15, 0.2) is 0 Å². The molecule has 92 valence electrons. The van der Waals surface area contributed by atoms with Crippen LogP contribution in [-0.4, -0.2) is 40.4 Å². The Morgan fingerprint density at radius 1 is 1.53 bits per heavy atom. The van der Waals surface area contributed by atoms with Crippen LogP contribution in [-0.2, 0) is 11.2 Å². The van der Waals surface area contributed by atoms with Gasteiger partial charge in [0.05, 0.1) is 18.8 Å². The largest absolute Gasteiger partial charge is 0.390 e. The molecule has 4 heteroatoms. The number of hydrogen-bond acceptors (Lipinski definition) is 4. The zero-order valence-electron chi connectivity index (χ0n) is 9.71. The molecular weight excluding hydrogens is 234 g/mol. The van der Waals surface area contributed by atoms with Crippen molar-refractivity contribution in [3.8, 4) is 0 Å². The highest BCUT2D eigenvalue weighted by atomic mass is 32.2. The van der Waals surface area contributed by atoms with Gasteiger partial charge in [0, 0.05) is 29.3 Å². The lowest BCUT2D eigenvalue weighted by atomic mass is 9.95. The molecule has 3 nitrogen and oxygen atoms in total. The number of aliphatic hydroxyl groups excluding tert-OH is 1. The SMILES string of the molecule is OC(C1CSCCO1)C1CCc2cccnc21. The molecule has 17 heavy (non-hydrogen) atoms. The minimum atomic E-state index is -0.404. The fourth-order valence-electron chi connectivity index (χ4n) is 2.74. The van der Waals surface area contributed by atoms with Crippen molar-refractivity contribution in [3.63, 3.8) is 0 Å². The molecule has 0 radical (unpaired) electrons. The maximum absolute atomic E-state index is 10.4. The average molecular weight is 251 g/mol. The van der Waals surface area contributed by atoms with Crippen LogP contribution in [0.1, 0.15) is 23.6 Å². The number of fused-ring (bicyclic) bond motifs is 1. The van der Waals surface area contributed by atoms with E-state index in [9.17, 15) is 5.11 Å². The second kappa shape index (κ2) is 4.96. The van der Waals surface area contributed by atoms with E-state index in [1.54, 1.807) is 0 Å². The predicted molar refractivity (Wildman–Crippen MR) is 68.4 cm³/mol. The maximum Gasteiger partial charge on any atom is 0.0931 e. The first-order chi connectivity index (χ1) is 8.36. The van der Waals surface area contributed by atoms with Crippen LogP contribution in [0.4, 0.5) is 0 Å². The van der Waals surface area contributed by atoms with Crippen LogP contribution in [0.5, 0.6) is 0 Å². The lowest BCUT2D eigenvalue weighted by Crippen LogP contribution is -2.38. The van der Waals surface area contributed by atoms with Crippen LogP contribution in [0.15, 0.2) is 18.3 Å². The van der Waals surface area contributed by atoms with Crippen LogP contribution < -0.4 is 0 Å². The summed E-state index contributed by atoms with van der Waals surface area (Å²) in [6.45, 7) is 0.758. The summed E-state index contributed by atoms with van der Waals surface area (Å²) >= 11 is 1.87. The molecule has 3 rings (SSSR count). The molecule has 2 aliphatic rings. The van der Waals surface area contributed by atoms with Crippen LogP contribution in [0, 0.1) is 0 Å². The van der Waals surface area contributed by atoms with E-state index in [4.69, 9.17) is 4.74 Å². The number of thioether (sulfide) groups is 1. The molecule has 1 aromatic heterocycles. The van der Waals surface area contributed by atoms with Crippen molar-refractivity contribution >= 4 is 11.8 Å². The summed E-state index contributed by atoms with van der Waals surface area (Å²) in [5.74, 6) is 2.11. The van der Waals surface area contributed by atoms with Gasteiger partial charge in [-0.2, -0.15) is 11.8 Å². The molecule has 1 N–H and O–H groups in total. The minimum absolute atomic E-state index is 0.0216. The first-order valence-corrected chi connectivity index (χ1v) is 7.33. The normalized spacial score (nSPS) is 29.9. The molecule has 1 fully saturated rings. The van der Waals surface area contributed by atoms with E-state index in [1.807, 2.05) is 24.0 Å². The molecule has 0 spiro atoms. The number of aromatic nitrogens is 1. The van der Waals surface area contributed by atoms with Gasteiger partial charge in [-0.25, -0.2) is 0 Å². The molecule has 3 unspecified atom stereocenters. The number of pyridine rings is 1. The lowest BCUT2D eigenvalue weighted by molar-refractivity contribution is -0.0337. The highest BCUT2D eigenvalue weighted by Gasteiger charge is 2.35. The number of ether oxygens (including phenoxy) is 1.